The Labute approximate surface area is 138 Å². The Balaban J connectivity index is 2.33. The molecule has 7 heteroatoms. The van der Waals surface area contributed by atoms with Crippen LogP contribution in [0.3, 0.4) is 0 Å². The Morgan fingerprint density at radius 1 is 1.17 bits per heavy atom. The van der Waals surface area contributed by atoms with Gasteiger partial charge in [0.25, 0.3) is 5.91 Å². The van der Waals surface area contributed by atoms with Gasteiger partial charge in [0.2, 0.25) is 0 Å². The molecule has 24 heavy (non-hydrogen) atoms. The van der Waals surface area contributed by atoms with Crippen molar-refractivity contribution >= 4 is 11.7 Å². The van der Waals surface area contributed by atoms with Crippen molar-refractivity contribution in [3.63, 3.8) is 0 Å². The summed E-state index contributed by atoms with van der Waals surface area (Å²) in [4.78, 5) is 15.9. The first-order valence-electron chi connectivity index (χ1n) is 7.30. The molecule has 1 amide bonds. The van der Waals surface area contributed by atoms with Crippen molar-refractivity contribution in [2.24, 2.45) is 5.73 Å². The van der Waals surface area contributed by atoms with E-state index in [2.05, 4.69) is 10.1 Å². The van der Waals surface area contributed by atoms with E-state index in [-0.39, 0.29) is 17.1 Å². The third-order valence-corrected chi connectivity index (χ3v) is 3.94. The van der Waals surface area contributed by atoms with E-state index in [9.17, 15) is 9.90 Å². The van der Waals surface area contributed by atoms with Crippen LogP contribution in [0.25, 0.3) is 16.9 Å². The van der Waals surface area contributed by atoms with Crippen LogP contribution in [-0.2, 0) is 0 Å². The van der Waals surface area contributed by atoms with Gasteiger partial charge in [-0.3, -0.25) is 9.78 Å². The van der Waals surface area contributed by atoms with Crippen LogP contribution in [0.5, 0.6) is 5.75 Å². The SMILES string of the molecule is Cc1ccc(O)c(C)c1-n1nc(-c2ccncc2)c(C(N)=O)c1N. The van der Waals surface area contributed by atoms with Gasteiger partial charge in [-0.1, -0.05) is 6.07 Å². The number of aryl methyl sites for hydroxylation is 1. The Bertz CT molecular complexity index is 932. The fourth-order valence-electron chi connectivity index (χ4n) is 2.71. The van der Waals surface area contributed by atoms with E-state index in [1.165, 1.54) is 4.68 Å². The average Bonchev–Trinajstić information content (AvgIpc) is 2.90. The standard InChI is InChI=1S/C17H17N5O2/c1-9-3-4-12(23)10(2)15(9)22-16(18)13(17(19)24)14(21-22)11-5-7-20-8-6-11/h3-8,23H,18H2,1-2H3,(H2,19,24). The van der Waals surface area contributed by atoms with Crippen LogP contribution in [0.2, 0.25) is 0 Å². The molecule has 3 rings (SSSR count). The number of primary amides is 1. The third kappa shape index (κ3) is 2.36. The zero-order valence-electron chi connectivity index (χ0n) is 13.3. The van der Waals surface area contributed by atoms with Gasteiger partial charge >= 0.3 is 0 Å². The average molecular weight is 323 g/mol. The molecule has 0 bridgehead atoms. The molecule has 0 aliphatic rings. The molecule has 122 valence electrons. The Morgan fingerprint density at radius 3 is 2.46 bits per heavy atom. The summed E-state index contributed by atoms with van der Waals surface area (Å²) in [7, 11) is 0. The molecule has 0 unspecified atom stereocenters. The molecule has 0 spiro atoms. The number of aromatic nitrogens is 3. The number of nitrogen functional groups attached to an aromatic ring is 1. The minimum absolute atomic E-state index is 0.122. The van der Waals surface area contributed by atoms with Crippen LogP contribution in [0, 0.1) is 13.8 Å². The van der Waals surface area contributed by atoms with E-state index in [0.717, 1.165) is 5.56 Å². The molecule has 7 nitrogen and oxygen atoms in total. The number of benzene rings is 1. The van der Waals surface area contributed by atoms with Gasteiger partial charge in [0, 0.05) is 23.5 Å². The van der Waals surface area contributed by atoms with E-state index in [0.29, 0.717) is 22.5 Å². The second kappa shape index (κ2) is 5.69. The lowest BCUT2D eigenvalue weighted by molar-refractivity contribution is 0.100. The quantitative estimate of drug-likeness (QED) is 0.680. The molecular weight excluding hydrogens is 306 g/mol. The van der Waals surface area contributed by atoms with Crippen molar-refractivity contribution in [2.45, 2.75) is 13.8 Å². The molecule has 0 aliphatic heterocycles. The first-order chi connectivity index (χ1) is 11.4. The molecule has 0 fully saturated rings. The van der Waals surface area contributed by atoms with Gasteiger partial charge < -0.3 is 16.6 Å². The second-order valence-electron chi connectivity index (χ2n) is 5.50. The fraction of sp³-hybridized carbons (Fsp3) is 0.118. The Hall–Kier alpha value is -3.35. The van der Waals surface area contributed by atoms with Gasteiger partial charge in [0.05, 0.1) is 5.69 Å². The lowest BCUT2D eigenvalue weighted by Gasteiger charge is -2.12. The minimum Gasteiger partial charge on any atom is -0.508 e. The van der Waals surface area contributed by atoms with Crippen molar-refractivity contribution in [1.82, 2.24) is 14.8 Å². The predicted octanol–water partition coefficient (Wildman–Crippen LogP) is 1.94. The van der Waals surface area contributed by atoms with Crippen molar-refractivity contribution < 1.29 is 9.90 Å². The number of carbonyl (C=O) groups excluding carboxylic acids is 1. The van der Waals surface area contributed by atoms with Crippen molar-refractivity contribution in [1.29, 1.82) is 0 Å². The highest BCUT2D eigenvalue weighted by Gasteiger charge is 2.24. The van der Waals surface area contributed by atoms with Crippen LogP contribution in [-0.4, -0.2) is 25.8 Å². The van der Waals surface area contributed by atoms with E-state index < -0.39 is 5.91 Å². The summed E-state index contributed by atoms with van der Waals surface area (Å²) in [5, 5.41) is 14.5. The molecule has 0 aliphatic carbocycles. The summed E-state index contributed by atoms with van der Waals surface area (Å²) < 4.78 is 1.44. The molecular formula is C17H17N5O2. The number of nitrogens with zero attached hydrogens (tertiary/aromatic N) is 3. The van der Waals surface area contributed by atoms with Gasteiger partial charge in [-0.2, -0.15) is 5.10 Å². The molecule has 0 saturated carbocycles. The summed E-state index contributed by atoms with van der Waals surface area (Å²) >= 11 is 0. The normalized spacial score (nSPS) is 10.8. The van der Waals surface area contributed by atoms with Crippen molar-refractivity contribution in [3.8, 4) is 22.7 Å². The number of phenols is 1. The maximum atomic E-state index is 11.9. The zero-order valence-corrected chi connectivity index (χ0v) is 13.3. The molecule has 3 aromatic rings. The first kappa shape index (κ1) is 15.5. The molecule has 0 saturated heterocycles. The third-order valence-electron chi connectivity index (χ3n) is 3.94. The van der Waals surface area contributed by atoms with Crippen LogP contribution < -0.4 is 11.5 Å². The Morgan fingerprint density at radius 2 is 1.83 bits per heavy atom. The number of anilines is 1. The number of hydrogen-bond acceptors (Lipinski definition) is 5. The fourth-order valence-corrected chi connectivity index (χ4v) is 2.71. The van der Waals surface area contributed by atoms with Crippen molar-refractivity contribution in [2.75, 3.05) is 5.73 Å². The van der Waals surface area contributed by atoms with Crippen molar-refractivity contribution in [3.05, 3.63) is 53.3 Å². The van der Waals surface area contributed by atoms with E-state index in [1.54, 1.807) is 43.6 Å². The van der Waals surface area contributed by atoms with Gasteiger partial charge in [0.1, 0.15) is 22.8 Å². The van der Waals surface area contributed by atoms with E-state index in [1.807, 2.05) is 6.92 Å². The maximum Gasteiger partial charge on any atom is 0.254 e. The number of pyridine rings is 1. The molecule has 2 heterocycles. The lowest BCUT2D eigenvalue weighted by Crippen LogP contribution is -2.14. The largest absolute Gasteiger partial charge is 0.508 e. The van der Waals surface area contributed by atoms with Gasteiger partial charge in [-0.15, -0.1) is 0 Å². The van der Waals surface area contributed by atoms with Crippen LogP contribution >= 0.6 is 0 Å². The molecule has 2 aromatic heterocycles. The highest BCUT2D eigenvalue weighted by atomic mass is 16.3. The van der Waals surface area contributed by atoms with Crippen LogP contribution in [0.15, 0.2) is 36.7 Å². The first-order valence-corrected chi connectivity index (χ1v) is 7.30. The summed E-state index contributed by atoms with van der Waals surface area (Å²) in [6.07, 6.45) is 3.19. The smallest absolute Gasteiger partial charge is 0.254 e. The van der Waals surface area contributed by atoms with Crippen LogP contribution in [0.4, 0.5) is 5.82 Å². The zero-order chi connectivity index (χ0) is 17.4. The molecule has 0 atom stereocenters. The number of aromatic hydroxyl groups is 1. The Kier molecular flexibility index (Phi) is 3.69. The number of amides is 1. The topological polar surface area (TPSA) is 120 Å². The van der Waals surface area contributed by atoms with Crippen LogP contribution in [0.1, 0.15) is 21.5 Å². The van der Waals surface area contributed by atoms with Gasteiger partial charge in [-0.05, 0) is 37.6 Å². The monoisotopic (exact) mass is 323 g/mol. The highest BCUT2D eigenvalue weighted by Crippen LogP contribution is 2.33. The maximum absolute atomic E-state index is 11.9. The molecule has 1 aromatic carbocycles. The summed E-state index contributed by atoms with van der Waals surface area (Å²) in [5.41, 5.74) is 15.0. The minimum atomic E-state index is -0.666. The summed E-state index contributed by atoms with van der Waals surface area (Å²) in [6, 6.07) is 6.81. The number of rotatable bonds is 3. The number of hydrogen-bond donors (Lipinski definition) is 3. The van der Waals surface area contributed by atoms with E-state index in [4.69, 9.17) is 11.5 Å². The summed E-state index contributed by atoms with van der Waals surface area (Å²) in [6.45, 7) is 3.63. The van der Waals surface area contributed by atoms with Gasteiger partial charge in [0.15, 0.2) is 0 Å². The molecule has 0 radical (unpaired) electrons. The van der Waals surface area contributed by atoms with E-state index >= 15 is 0 Å². The predicted molar refractivity (Wildman–Crippen MR) is 90.9 cm³/mol. The summed E-state index contributed by atoms with van der Waals surface area (Å²) in [5.74, 6) is -0.413. The lowest BCUT2D eigenvalue weighted by atomic mass is 10.1. The number of nitrogens with two attached hydrogens (primary N) is 2. The number of carbonyl (C=O) groups is 1. The number of phenolic OH excluding ortho intramolecular Hbond substituents is 1. The second-order valence-corrected chi connectivity index (χ2v) is 5.50. The highest BCUT2D eigenvalue weighted by molar-refractivity contribution is 6.03. The van der Waals surface area contributed by atoms with Gasteiger partial charge in [-0.25, -0.2) is 4.68 Å². The molecule has 5 N–H and O–H groups in total.